The Kier molecular flexibility index (Phi) is 3.43. The fourth-order valence-electron chi connectivity index (χ4n) is 2.06. The lowest BCUT2D eigenvalue weighted by atomic mass is 10.0. The third-order valence-electron chi connectivity index (χ3n) is 3.57. The van der Waals surface area contributed by atoms with E-state index in [4.69, 9.17) is 11.6 Å². The Morgan fingerprint density at radius 3 is 2.41 bits per heavy atom. The van der Waals surface area contributed by atoms with Crippen molar-refractivity contribution in [1.82, 2.24) is 5.32 Å². The average molecular weight is 252 g/mol. The number of aryl methyl sites for hydroxylation is 2. The smallest absolute Gasteiger partial charge is 0.251 e. The van der Waals surface area contributed by atoms with Gasteiger partial charge in [0.1, 0.15) is 0 Å². The van der Waals surface area contributed by atoms with Gasteiger partial charge in [0.05, 0.1) is 0 Å². The van der Waals surface area contributed by atoms with E-state index in [1.807, 2.05) is 32.0 Å². The summed E-state index contributed by atoms with van der Waals surface area (Å²) in [5.41, 5.74) is 3.03. The van der Waals surface area contributed by atoms with E-state index in [0.717, 1.165) is 29.5 Å². The summed E-state index contributed by atoms with van der Waals surface area (Å²) < 4.78 is 0. The number of carbonyl (C=O) groups excluding carboxylic acids is 1. The first-order valence-corrected chi connectivity index (χ1v) is 6.52. The number of rotatable bonds is 4. The lowest BCUT2D eigenvalue weighted by molar-refractivity contribution is 0.0945. The molecule has 0 atom stereocenters. The number of hydrogen-bond donors (Lipinski definition) is 1. The molecular weight excluding hydrogens is 234 g/mol. The normalized spacial score (nSPS) is 16.6. The maximum Gasteiger partial charge on any atom is 0.251 e. The molecule has 1 fully saturated rings. The second kappa shape index (κ2) is 4.69. The van der Waals surface area contributed by atoms with Gasteiger partial charge in [-0.1, -0.05) is 18.2 Å². The summed E-state index contributed by atoms with van der Waals surface area (Å²) in [7, 11) is 0. The highest BCUT2D eigenvalue weighted by molar-refractivity contribution is 6.18. The molecule has 0 saturated heterocycles. The van der Waals surface area contributed by atoms with Gasteiger partial charge in [-0.3, -0.25) is 4.79 Å². The summed E-state index contributed by atoms with van der Waals surface area (Å²) >= 11 is 5.90. The van der Waals surface area contributed by atoms with Crippen LogP contribution in [0, 0.1) is 19.3 Å². The average Bonchev–Trinajstić information content (AvgIpc) is 3.07. The largest absolute Gasteiger partial charge is 0.351 e. The molecule has 17 heavy (non-hydrogen) atoms. The van der Waals surface area contributed by atoms with Gasteiger partial charge in [0.25, 0.3) is 5.91 Å². The monoisotopic (exact) mass is 251 g/mol. The molecule has 92 valence electrons. The SMILES string of the molecule is Cc1cccc(C)c1C(=O)NCC1(CCl)CC1. The van der Waals surface area contributed by atoms with E-state index < -0.39 is 0 Å². The van der Waals surface area contributed by atoms with Crippen LogP contribution >= 0.6 is 11.6 Å². The number of amides is 1. The summed E-state index contributed by atoms with van der Waals surface area (Å²) in [6.45, 7) is 4.63. The lowest BCUT2D eigenvalue weighted by Crippen LogP contribution is -2.31. The molecule has 0 aromatic heterocycles. The van der Waals surface area contributed by atoms with Crippen molar-refractivity contribution in [2.45, 2.75) is 26.7 Å². The Labute approximate surface area is 107 Å². The van der Waals surface area contributed by atoms with Crippen molar-refractivity contribution in [2.24, 2.45) is 5.41 Å². The van der Waals surface area contributed by atoms with Crippen molar-refractivity contribution in [3.63, 3.8) is 0 Å². The minimum absolute atomic E-state index is 0.0250. The van der Waals surface area contributed by atoms with E-state index in [1.54, 1.807) is 0 Å². The van der Waals surface area contributed by atoms with Crippen LogP contribution in [0.15, 0.2) is 18.2 Å². The predicted molar refractivity (Wildman–Crippen MR) is 70.6 cm³/mol. The molecule has 3 heteroatoms. The van der Waals surface area contributed by atoms with Crippen molar-refractivity contribution < 1.29 is 4.79 Å². The van der Waals surface area contributed by atoms with Gasteiger partial charge in [-0.25, -0.2) is 0 Å². The third-order valence-corrected chi connectivity index (χ3v) is 4.14. The van der Waals surface area contributed by atoms with E-state index in [0.29, 0.717) is 12.4 Å². The van der Waals surface area contributed by atoms with E-state index in [1.165, 1.54) is 0 Å². The minimum atomic E-state index is 0.0250. The maximum atomic E-state index is 12.1. The zero-order chi connectivity index (χ0) is 12.5. The summed E-state index contributed by atoms with van der Waals surface area (Å²) in [5, 5.41) is 3.01. The first-order chi connectivity index (χ1) is 8.08. The molecule has 1 aliphatic rings. The second-order valence-electron chi connectivity index (χ2n) is 5.08. The molecule has 0 unspecified atom stereocenters. The molecule has 2 rings (SSSR count). The van der Waals surface area contributed by atoms with Crippen molar-refractivity contribution in [2.75, 3.05) is 12.4 Å². The van der Waals surface area contributed by atoms with Crippen LogP contribution < -0.4 is 5.32 Å². The fraction of sp³-hybridized carbons (Fsp3) is 0.500. The molecule has 1 aliphatic carbocycles. The second-order valence-corrected chi connectivity index (χ2v) is 5.35. The first kappa shape index (κ1) is 12.4. The van der Waals surface area contributed by atoms with Gasteiger partial charge in [0, 0.05) is 23.4 Å². The molecule has 1 N–H and O–H groups in total. The van der Waals surface area contributed by atoms with Crippen LogP contribution in [0.5, 0.6) is 0 Å². The molecule has 1 saturated carbocycles. The zero-order valence-electron chi connectivity index (χ0n) is 10.3. The summed E-state index contributed by atoms with van der Waals surface area (Å²) in [4.78, 5) is 12.1. The van der Waals surface area contributed by atoms with Crippen LogP contribution in [-0.2, 0) is 0 Å². The molecule has 1 amide bonds. The Balaban J connectivity index is 2.05. The summed E-state index contributed by atoms with van der Waals surface area (Å²) in [5.74, 6) is 0.664. The molecule has 0 aliphatic heterocycles. The van der Waals surface area contributed by atoms with Crippen molar-refractivity contribution in [3.8, 4) is 0 Å². The zero-order valence-corrected chi connectivity index (χ0v) is 11.1. The third kappa shape index (κ3) is 2.63. The highest BCUT2D eigenvalue weighted by atomic mass is 35.5. The van der Waals surface area contributed by atoms with Crippen LogP contribution in [0.3, 0.4) is 0 Å². The molecule has 0 radical (unpaired) electrons. The topological polar surface area (TPSA) is 29.1 Å². The van der Waals surface area contributed by atoms with E-state index in [2.05, 4.69) is 5.32 Å². The van der Waals surface area contributed by atoms with Crippen LogP contribution in [0.1, 0.15) is 34.3 Å². The van der Waals surface area contributed by atoms with Crippen LogP contribution in [0.2, 0.25) is 0 Å². The standard InChI is InChI=1S/C14H18ClNO/c1-10-4-3-5-11(2)12(10)13(17)16-9-14(8-15)6-7-14/h3-5H,6-9H2,1-2H3,(H,16,17). The van der Waals surface area contributed by atoms with Gasteiger partial charge in [-0.15, -0.1) is 11.6 Å². The Morgan fingerprint density at radius 1 is 1.35 bits per heavy atom. The van der Waals surface area contributed by atoms with E-state index >= 15 is 0 Å². The number of benzene rings is 1. The molecule has 1 aromatic rings. The highest BCUT2D eigenvalue weighted by Crippen LogP contribution is 2.45. The van der Waals surface area contributed by atoms with E-state index in [-0.39, 0.29) is 11.3 Å². The van der Waals surface area contributed by atoms with Gasteiger partial charge in [0.2, 0.25) is 0 Å². The number of hydrogen-bond acceptors (Lipinski definition) is 1. The summed E-state index contributed by atoms with van der Waals surface area (Å²) in [6.07, 6.45) is 2.26. The van der Waals surface area contributed by atoms with Gasteiger partial charge < -0.3 is 5.32 Å². The summed E-state index contributed by atoms with van der Waals surface area (Å²) in [6, 6.07) is 5.91. The lowest BCUT2D eigenvalue weighted by Gasteiger charge is -2.14. The van der Waals surface area contributed by atoms with Crippen molar-refractivity contribution in [3.05, 3.63) is 34.9 Å². The van der Waals surface area contributed by atoms with E-state index in [9.17, 15) is 4.79 Å². The van der Waals surface area contributed by atoms with Crippen LogP contribution in [0.25, 0.3) is 0 Å². The molecule has 0 bridgehead atoms. The van der Waals surface area contributed by atoms with Crippen molar-refractivity contribution >= 4 is 17.5 Å². The van der Waals surface area contributed by atoms with Crippen LogP contribution in [0.4, 0.5) is 0 Å². The fourth-order valence-corrected chi connectivity index (χ4v) is 2.42. The maximum absolute atomic E-state index is 12.1. The quantitative estimate of drug-likeness (QED) is 0.819. The van der Waals surface area contributed by atoms with Gasteiger partial charge in [0.15, 0.2) is 0 Å². The first-order valence-electron chi connectivity index (χ1n) is 5.98. The Hall–Kier alpha value is -1.02. The minimum Gasteiger partial charge on any atom is -0.351 e. The number of halogens is 1. The Bertz CT molecular complexity index is 418. The number of nitrogens with one attached hydrogen (secondary N) is 1. The molecule has 2 nitrogen and oxygen atoms in total. The van der Waals surface area contributed by atoms with Crippen molar-refractivity contribution in [1.29, 1.82) is 0 Å². The van der Waals surface area contributed by atoms with Gasteiger partial charge >= 0.3 is 0 Å². The highest BCUT2D eigenvalue weighted by Gasteiger charge is 2.41. The molecular formula is C14H18ClNO. The molecule has 0 heterocycles. The van der Waals surface area contributed by atoms with Gasteiger partial charge in [-0.05, 0) is 37.8 Å². The molecule has 0 spiro atoms. The predicted octanol–water partition coefficient (Wildman–Crippen LogP) is 3.05. The number of alkyl halides is 1. The Morgan fingerprint density at radius 2 is 1.94 bits per heavy atom. The van der Waals surface area contributed by atoms with Gasteiger partial charge in [-0.2, -0.15) is 0 Å². The number of carbonyl (C=O) groups is 1. The van der Waals surface area contributed by atoms with Crippen LogP contribution in [-0.4, -0.2) is 18.3 Å². The molecule has 1 aromatic carbocycles.